The standard InChI is InChI=1S/C18H22N4O3/c1-4-25-16(24)9-11(2)20-15(23)10-22-18-17(12(3)21-22)14(7-8-19-18)13-5-6-13/h7-9,13H,4-6,10H2,1-3H3,(H,20,23)/b11-9+. The quantitative estimate of drug-likeness (QED) is 0.642. The molecule has 132 valence electrons. The Morgan fingerprint density at radius 2 is 2.20 bits per heavy atom. The number of fused-ring (bicyclic) bond motifs is 1. The third-order valence-corrected chi connectivity index (χ3v) is 4.11. The van der Waals surface area contributed by atoms with E-state index in [0.29, 0.717) is 18.2 Å². The summed E-state index contributed by atoms with van der Waals surface area (Å²) in [5, 5.41) is 8.21. The first kappa shape index (κ1) is 17.1. The fraction of sp³-hybridized carbons (Fsp3) is 0.444. The molecule has 1 fully saturated rings. The molecule has 0 radical (unpaired) electrons. The molecule has 0 saturated heterocycles. The van der Waals surface area contributed by atoms with Crippen molar-refractivity contribution in [2.45, 2.75) is 46.1 Å². The number of aryl methyl sites for hydroxylation is 1. The monoisotopic (exact) mass is 342 g/mol. The molecule has 7 nitrogen and oxygen atoms in total. The average Bonchev–Trinajstić information content (AvgIpc) is 3.33. The molecule has 0 spiro atoms. The van der Waals surface area contributed by atoms with Gasteiger partial charge in [-0.2, -0.15) is 5.10 Å². The van der Waals surface area contributed by atoms with Gasteiger partial charge in [-0.05, 0) is 51.2 Å². The van der Waals surface area contributed by atoms with Gasteiger partial charge in [0.05, 0.1) is 12.3 Å². The summed E-state index contributed by atoms with van der Waals surface area (Å²) in [6, 6.07) is 2.05. The Morgan fingerprint density at radius 3 is 2.88 bits per heavy atom. The normalized spacial score (nSPS) is 14.6. The molecule has 25 heavy (non-hydrogen) atoms. The van der Waals surface area contributed by atoms with Crippen LogP contribution < -0.4 is 5.32 Å². The van der Waals surface area contributed by atoms with Crippen LogP contribution in [0.1, 0.15) is 43.9 Å². The number of nitrogens with one attached hydrogen (secondary N) is 1. The van der Waals surface area contributed by atoms with Crippen LogP contribution in [0.3, 0.4) is 0 Å². The predicted molar refractivity (Wildman–Crippen MR) is 92.8 cm³/mol. The smallest absolute Gasteiger partial charge is 0.332 e. The second-order valence-electron chi connectivity index (χ2n) is 6.24. The van der Waals surface area contributed by atoms with Crippen molar-refractivity contribution in [2.24, 2.45) is 0 Å². The number of amides is 1. The number of hydrogen-bond donors (Lipinski definition) is 1. The number of rotatable bonds is 6. The lowest BCUT2D eigenvalue weighted by molar-refractivity contribution is -0.137. The minimum Gasteiger partial charge on any atom is -0.463 e. The largest absolute Gasteiger partial charge is 0.463 e. The molecule has 2 heterocycles. The van der Waals surface area contributed by atoms with Gasteiger partial charge in [-0.25, -0.2) is 14.5 Å². The first-order valence-electron chi connectivity index (χ1n) is 8.46. The van der Waals surface area contributed by atoms with Crippen LogP contribution in [-0.2, 0) is 20.9 Å². The van der Waals surface area contributed by atoms with Crippen molar-refractivity contribution in [3.8, 4) is 0 Å². The molecule has 1 aliphatic rings. The molecule has 0 bridgehead atoms. The molecule has 3 rings (SSSR count). The van der Waals surface area contributed by atoms with E-state index < -0.39 is 5.97 Å². The second-order valence-corrected chi connectivity index (χ2v) is 6.24. The molecule has 2 aromatic rings. The number of esters is 1. The summed E-state index contributed by atoms with van der Waals surface area (Å²) in [6.45, 7) is 5.65. The van der Waals surface area contributed by atoms with Crippen LogP contribution in [0.15, 0.2) is 24.0 Å². The Morgan fingerprint density at radius 1 is 1.44 bits per heavy atom. The number of pyridine rings is 1. The molecule has 1 saturated carbocycles. The fourth-order valence-electron chi connectivity index (χ4n) is 2.95. The summed E-state index contributed by atoms with van der Waals surface area (Å²) in [6.07, 6.45) is 5.43. The van der Waals surface area contributed by atoms with Crippen LogP contribution in [-0.4, -0.2) is 33.2 Å². The number of carbonyl (C=O) groups is 2. The molecular formula is C18H22N4O3. The van der Waals surface area contributed by atoms with Crippen molar-refractivity contribution in [3.63, 3.8) is 0 Å². The molecule has 0 atom stereocenters. The number of aromatic nitrogens is 3. The number of allylic oxidation sites excluding steroid dienone is 1. The Kier molecular flexibility index (Phi) is 4.83. The van der Waals surface area contributed by atoms with Gasteiger partial charge in [-0.15, -0.1) is 0 Å². The topological polar surface area (TPSA) is 86.1 Å². The summed E-state index contributed by atoms with van der Waals surface area (Å²) in [7, 11) is 0. The SMILES string of the molecule is CCOC(=O)/C=C(\C)NC(=O)Cn1nc(C)c2c(C3CC3)ccnc21. The van der Waals surface area contributed by atoms with Gasteiger partial charge < -0.3 is 10.1 Å². The van der Waals surface area contributed by atoms with E-state index in [2.05, 4.69) is 15.4 Å². The van der Waals surface area contributed by atoms with Crippen molar-refractivity contribution in [2.75, 3.05) is 6.61 Å². The van der Waals surface area contributed by atoms with E-state index >= 15 is 0 Å². The van der Waals surface area contributed by atoms with Gasteiger partial charge in [0.15, 0.2) is 5.65 Å². The highest BCUT2D eigenvalue weighted by Crippen LogP contribution is 2.43. The zero-order chi connectivity index (χ0) is 18.0. The van der Waals surface area contributed by atoms with Crippen LogP contribution in [0.25, 0.3) is 11.0 Å². The second kappa shape index (κ2) is 7.04. The number of nitrogens with zero attached hydrogens (tertiary/aromatic N) is 3. The van der Waals surface area contributed by atoms with E-state index in [1.807, 2.05) is 13.0 Å². The molecule has 0 aromatic carbocycles. The predicted octanol–water partition coefficient (Wildman–Crippen LogP) is 2.20. The van der Waals surface area contributed by atoms with Gasteiger partial charge in [0.25, 0.3) is 0 Å². The average molecular weight is 342 g/mol. The Labute approximate surface area is 146 Å². The van der Waals surface area contributed by atoms with E-state index in [1.165, 1.54) is 24.5 Å². The summed E-state index contributed by atoms with van der Waals surface area (Å²) < 4.78 is 6.44. The number of ether oxygens (including phenoxy) is 1. The van der Waals surface area contributed by atoms with Gasteiger partial charge in [-0.1, -0.05) is 0 Å². The number of carbonyl (C=O) groups excluding carboxylic acids is 2. The first-order valence-corrected chi connectivity index (χ1v) is 8.46. The van der Waals surface area contributed by atoms with E-state index in [1.54, 1.807) is 24.7 Å². The molecule has 7 heteroatoms. The molecule has 0 unspecified atom stereocenters. The van der Waals surface area contributed by atoms with Crippen molar-refractivity contribution >= 4 is 22.9 Å². The van der Waals surface area contributed by atoms with E-state index in [-0.39, 0.29) is 12.5 Å². The van der Waals surface area contributed by atoms with Crippen molar-refractivity contribution < 1.29 is 14.3 Å². The Bertz CT molecular complexity index is 849. The lowest BCUT2D eigenvalue weighted by Crippen LogP contribution is -2.27. The van der Waals surface area contributed by atoms with E-state index in [0.717, 1.165) is 16.7 Å². The van der Waals surface area contributed by atoms with Gasteiger partial charge in [0, 0.05) is 23.4 Å². The molecular weight excluding hydrogens is 320 g/mol. The zero-order valence-electron chi connectivity index (χ0n) is 14.7. The maximum absolute atomic E-state index is 12.3. The number of hydrogen-bond acceptors (Lipinski definition) is 5. The highest BCUT2D eigenvalue weighted by molar-refractivity contribution is 5.87. The van der Waals surface area contributed by atoms with Crippen LogP contribution in [0.4, 0.5) is 0 Å². The third-order valence-electron chi connectivity index (χ3n) is 4.11. The summed E-state index contributed by atoms with van der Waals surface area (Å²) in [5.74, 6) is -0.150. The Balaban J connectivity index is 1.76. The lowest BCUT2D eigenvalue weighted by atomic mass is 10.1. The van der Waals surface area contributed by atoms with Crippen molar-refractivity contribution in [1.82, 2.24) is 20.1 Å². The lowest BCUT2D eigenvalue weighted by Gasteiger charge is -2.06. The molecule has 2 aromatic heterocycles. The van der Waals surface area contributed by atoms with Crippen molar-refractivity contribution in [3.05, 3.63) is 35.3 Å². The van der Waals surface area contributed by atoms with Crippen LogP contribution in [0.2, 0.25) is 0 Å². The van der Waals surface area contributed by atoms with E-state index in [4.69, 9.17) is 4.74 Å². The van der Waals surface area contributed by atoms with Gasteiger partial charge in [0.1, 0.15) is 6.54 Å². The third kappa shape index (κ3) is 3.87. The highest BCUT2D eigenvalue weighted by atomic mass is 16.5. The summed E-state index contributed by atoms with van der Waals surface area (Å²) in [4.78, 5) is 28.1. The van der Waals surface area contributed by atoms with Gasteiger partial charge in [0.2, 0.25) is 5.91 Å². The van der Waals surface area contributed by atoms with Crippen LogP contribution >= 0.6 is 0 Å². The van der Waals surface area contributed by atoms with Crippen LogP contribution in [0.5, 0.6) is 0 Å². The maximum Gasteiger partial charge on any atom is 0.332 e. The molecule has 1 amide bonds. The molecule has 1 aliphatic carbocycles. The molecule has 1 N–H and O–H groups in total. The fourth-order valence-corrected chi connectivity index (χ4v) is 2.95. The van der Waals surface area contributed by atoms with Crippen molar-refractivity contribution in [1.29, 1.82) is 0 Å². The van der Waals surface area contributed by atoms with E-state index in [9.17, 15) is 9.59 Å². The zero-order valence-corrected chi connectivity index (χ0v) is 14.7. The maximum atomic E-state index is 12.3. The Hall–Kier alpha value is -2.70. The minimum atomic E-state index is -0.476. The summed E-state index contributed by atoms with van der Waals surface area (Å²) >= 11 is 0. The molecule has 0 aliphatic heterocycles. The summed E-state index contributed by atoms with van der Waals surface area (Å²) in [5.41, 5.74) is 3.32. The highest BCUT2D eigenvalue weighted by Gasteiger charge is 2.27. The van der Waals surface area contributed by atoms with Gasteiger partial charge in [-0.3, -0.25) is 4.79 Å². The minimum absolute atomic E-state index is 0.0411. The first-order chi connectivity index (χ1) is 12.0. The van der Waals surface area contributed by atoms with Gasteiger partial charge >= 0.3 is 5.97 Å². The van der Waals surface area contributed by atoms with Crippen LogP contribution in [0, 0.1) is 6.92 Å².